The molecule has 6 heteroatoms. The van der Waals surface area contributed by atoms with Crippen molar-refractivity contribution < 1.29 is 9.53 Å². The van der Waals surface area contributed by atoms with Crippen LogP contribution in [0.15, 0.2) is 18.2 Å². The van der Waals surface area contributed by atoms with Gasteiger partial charge in [-0.15, -0.1) is 0 Å². The number of carbonyl (C=O) groups excluding carboxylic acids is 1. The van der Waals surface area contributed by atoms with Crippen molar-refractivity contribution >= 4 is 11.6 Å². The van der Waals surface area contributed by atoms with E-state index in [-0.39, 0.29) is 5.91 Å². The van der Waals surface area contributed by atoms with Crippen molar-refractivity contribution in [2.75, 3.05) is 46.2 Å². The number of hydrogen-bond donors (Lipinski definition) is 1. The fourth-order valence-electron chi connectivity index (χ4n) is 2.35. The minimum atomic E-state index is -0.0920. The number of hydrogen-bond acceptors (Lipinski definition) is 5. The molecule has 1 aliphatic heterocycles. The number of fused-ring (bicyclic) bond motifs is 1. The minimum absolute atomic E-state index is 0.0920. The van der Waals surface area contributed by atoms with E-state index in [2.05, 4.69) is 10.3 Å². The van der Waals surface area contributed by atoms with Crippen LogP contribution in [-0.2, 0) is 17.8 Å². The fourth-order valence-corrected chi connectivity index (χ4v) is 2.35. The molecule has 120 valence electrons. The van der Waals surface area contributed by atoms with Crippen LogP contribution in [0.3, 0.4) is 0 Å². The first kappa shape index (κ1) is 16.5. The second kappa shape index (κ2) is 7.38. The largest absolute Gasteiger partial charge is 0.480 e. The van der Waals surface area contributed by atoms with Crippen LogP contribution in [0.1, 0.15) is 11.3 Å². The molecule has 0 bridgehead atoms. The van der Waals surface area contributed by atoms with Crippen molar-refractivity contribution in [1.29, 1.82) is 0 Å². The van der Waals surface area contributed by atoms with Crippen molar-refractivity contribution in [3.63, 3.8) is 0 Å². The Kier molecular flexibility index (Phi) is 5.51. The van der Waals surface area contributed by atoms with E-state index in [0.717, 1.165) is 37.3 Å². The normalized spacial score (nSPS) is 14.2. The number of carbonyl (C=O) groups is 1. The van der Waals surface area contributed by atoms with E-state index in [9.17, 15) is 4.79 Å². The van der Waals surface area contributed by atoms with E-state index in [1.54, 1.807) is 25.1 Å². The third kappa shape index (κ3) is 3.84. The fraction of sp³-hybridized carbons (Fsp3) is 0.500. The second-order valence-electron chi connectivity index (χ2n) is 5.61. The number of anilines is 1. The maximum absolute atomic E-state index is 12.3. The van der Waals surface area contributed by atoms with E-state index >= 15 is 0 Å². The predicted octanol–water partition coefficient (Wildman–Crippen LogP) is 0.817. The number of nitrogens with zero attached hydrogens (tertiary/aromatic N) is 3. The first-order valence-corrected chi connectivity index (χ1v) is 7.39. The van der Waals surface area contributed by atoms with Crippen LogP contribution >= 0.6 is 0 Å². The predicted molar refractivity (Wildman–Crippen MR) is 87.3 cm³/mol. The summed E-state index contributed by atoms with van der Waals surface area (Å²) >= 11 is 0. The van der Waals surface area contributed by atoms with E-state index in [1.807, 2.05) is 31.1 Å². The molecule has 22 heavy (non-hydrogen) atoms. The summed E-state index contributed by atoms with van der Waals surface area (Å²) in [7, 11) is 7.24. The number of amides is 1. The van der Waals surface area contributed by atoms with Gasteiger partial charge >= 0.3 is 0 Å². The lowest BCUT2D eigenvalue weighted by Crippen LogP contribution is -2.28. The highest BCUT2D eigenvalue weighted by Crippen LogP contribution is 2.29. The third-order valence-electron chi connectivity index (χ3n) is 3.61. The van der Waals surface area contributed by atoms with Gasteiger partial charge in [0.15, 0.2) is 0 Å². The molecular formula is C16H24N4O2. The smallest absolute Gasteiger partial charge is 0.250 e. The molecule has 1 N–H and O–H groups in total. The van der Waals surface area contributed by atoms with Crippen molar-refractivity contribution in [2.24, 2.45) is 0 Å². The Morgan fingerprint density at radius 3 is 2.91 bits per heavy atom. The first-order valence-electron chi connectivity index (χ1n) is 7.39. The Morgan fingerprint density at radius 2 is 2.23 bits per heavy atom. The zero-order valence-electron chi connectivity index (χ0n) is 13.7. The highest BCUT2D eigenvalue weighted by Gasteiger charge is 2.19. The SMILES string of the molecule is COc1nc2c(cc1N(C)C(=O)/C=C/CN(C)C)CNCC2. The molecule has 0 aliphatic carbocycles. The molecule has 1 aromatic heterocycles. The number of pyridine rings is 1. The summed E-state index contributed by atoms with van der Waals surface area (Å²) in [6, 6.07) is 1.99. The van der Waals surface area contributed by atoms with Gasteiger partial charge in [0.05, 0.1) is 12.8 Å². The second-order valence-corrected chi connectivity index (χ2v) is 5.61. The number of aromatic nitrogens is 1. The summed E-state index contributed by atoms with van der Waals surface area (Å²) in [4.78, 5) is 20.4. The molecule has 1 aliphatic rings. The maximum atomic E-state index is 12.3. The van der Waals surface area contributed by atoms with Gasteiger partial charge < -0.3 is 19.9 Å². The molecule has 1 amide bonds. The van der Waals surface area contributed by atoms with Gasteiger partial charge in [-0.2, -0.15) is 0 Å². The molecule has 0 unspecified atom stereocenters. The number of rotatable bonds is 5. The highest BCUT2D eigenvalue weighted by atomic mass is 16.5. The van der Waals surface area contributed by atoms with E-state index in [1.165, 1.54) is 0 Å². The number of nitrogens with one attached hydrogen (secondary N) is 1. The van der Waals surface area contributed by atoms with Crippen molar-refractivity contribution in [1.82, 2.24) is 15.2 Å². The molecule has 0 atom stereocenters. The Morgan fingerprint density at radius 1 is 1.45 bits per heavy atom. The molecule has 0 spiro atoms. The standard InChI is InChI=1S/C16H24N4O2/c1-19(2)9-5-6-15(21)20(3)14-10-12-11-17-8-7-13(12)18-16(14)22-4/h5-6,10,17H,7-9,11H2,1-4H3/b6-5+. The molecule has 0 aromatic carbocycles. The van der Waals surface area contributed by atoms with Gasteiger partial charge in [0.25, 0.3) is 5.91 Å². The average Bonchev–Trinajstić information content (AvgIpc) is 2.52. The summed E-state index contributed by atoms with van der Waals surface area (Å²) in [6.07, 6.45) is 4.31. The third-order valence-corrected chi connectivity index (χ3v) is 3.61. The van der Waals surface area contributed by atoms with Gasteiger partial charge in [-0.05, 0) is 25.7 Å². The van der Waals surface area contributed by atoms with E-state index in [0.29, 0.717) is 11.6 Å². The van der Waals surface area contributed by atoms with Crippen LogP contribution in [0, 0.1) is 0 Å². The summed E-state index contributed by atoms with van der Waals surface area (Å²) < 4.78 is 5.37. The Labute approximate surface area is 131 Å². The van der Waals surface area contributed by atoms with Crippen molar-refractivity contribution in [3.05, 3.63) is 29.5 Å². The molecule has 1 aromatic rings. The van der Waals surface area contributed by atoms with Gasteiger partial charge in [-0.3, -0.25) is 4.79 Å². The molecule has 6 nitrogen and oxygen atoms in total. The highest BCUT2D eigenvalue weighted by molar-refractivity contribution is 6.01. The zero-order chi connectivity index (χ0) is 16.1. The summed E-state index contributed by atoms with van der Waals surface area (Å²) in [6.45, 7) is 2.42. The summed E-state index contributed by atoms with van der Waals surface area (Å²) in [5.74, 6) is 0.406. The number of likely N-dealkylation sites (N-methyl/N-ethyl adjacent to an activating group) is 2. The van der Waals surface area contributed by atoms with Gasteiger partial charge in [-0.1, -0.05) is 6.08 Å². The Hall–Kier alpha value is -1.92. The molecule has 0 saturated heterocycles. The number of ether oxygens (including phenoxy) is 1. The topological polar surface area (TPSA) is 57.7 Å². The van der Waals surface area contributed by atoms with Gasteiger partial charge in [0, 0.05) is 39.2 Å². The monoisotopic (exact) mass is 304 g/mol. The molecule has 2 rings (SSSR count). The molecule has 0 saturated carbocycles. The lowest BCUT2D eigenvalue weighted by Gasteiger charge is -2.23. The van der Waals surface area contributed by atoms with Gasteiger partial charge in [0.2, 0.25) is 5.88 Å². The van der Waals surface area contributed by atoms with Crippen LogP contribution in [0.5, 0.6) is 5.88 Å². The minimum Gasteiger partial charge on any atom is -0.480 e. The van der Waals surface area contributed by atoms with Gasteiger partial charge in [0.1, 0.15) is 5.69 Å². The Bertz CT molecular complexity index is 570. The molecule has 0 radical (unpaired) electrons. The van der Waals surface area contributed by atoms with Crippen molar-refractivity contribution in [2.45, 2.75) is 13.0 Å². The van der Waals surface area contributed by atoms with E-state index < -0.39 is 0 Å². The quantitative estimate of drug-likeness (QED) is 0.816. The molecule has 2 heterocycles. The van der Waals surface area contributed by atoms with E-state index in [4.69, 9.17) is 4.74 Å². The summed E-state index contributed by atoms with van der Waals surface area (Å²) in [5, 5.41) is 3.32. The van der Waals surface area contributed by atoms with Crippen LogP contribution in [0.4, 0.5) is 5.69 Å². The maximum Gasteiger partial charge on any atom is 0.250 e. The van der Waals surface area contributed by atoms with Crippen molar-refractivity contribution in [3.8, 4) is 5.88 Å². The van der Waals surface area contributed by atoms with Crippen LogP contribution in [0.25, 0.3) is 0 Å². The first-order chi connectivity index (χ1) is 10.5. The summed E-state index contributed by atoms with van der Waals surface area (Å²) in [5.41, 5.74) is 2.87. The zero-order valence-corrected chi connectivity index (χ0v) is 13.7. The lowest BCUT2D eigenvalue weighted by molar-refractivity contribution is -0.113. The van der Waals surface area contributed by atoms with Gasteiger partial charge in [-0.25, -0.2) is 4.98 Å². The van der Waals surface area contributed by atoms with Crippen LogP contribution < -0.4 is 15.0 Å². The number of methoxy groups -OCH3 is 1. The Balaban J connectivity index is 2.22. The lowest BCUT2D eigenvalue weighted by atomic mass is 10.1. The van der Waals surface area contributed by atoms with Crippen LogP contribution in [-0.4, -0.2) is 57.1 Å². The molecular weight excluding hydrogens is 280 g/mol. The van der Waals surface area contributed by atoms with Crippen LogP contribution in [0.2, 0.25) is 0 Å². The molecule has 0 fully saturated rings. The average molecular weight is 304 g/mol.